The summed E-state index contributed by atoms with van der Waals surface area (Å²) in [6, 6.07) is 6.18. The Labute approximate surface area is 124 Å². The number of ether oxygens (including phenoxy) is 2. The van der Waals surface area contributed by atoms with E-state index in [9.17, 15) is 5.11 Å². The molecule has 0 radical (unpaired) electrons. The largest absolute Gasteiger partial charge is 0.490 e. The lowest BCUT2D eigenvalue weighted by Crippen LogP contribution is -2.35. The summed E-state index contributed by atoms with van der Waals surface area (Å²) in [5, 5.41) is 12.7. The maximum atomic E-state index is 9.34. The van der Waals surface area contributed by atoms with E-state index >= 15 is 0 Å². The molecule has 5 heteroatoms. The van der Waals surface area contributed by atoms with E-state index in [0.717, 1.165) is 41.5 Å². The van der Waals surface area contributed by atoms with Gasteiger partial charge in [0, 0.05) is 23.1 Å². The minimum Gasteiger partial charge on any atom is -0.490 e. The highest BCUT2D eigenvalue weighted by molar-refractivity contribution is 7.99. The maximum absolute atomic E-state index is 9.34. The maximum Gasteiger partial charge on any atom is 0.162 e. The third kappa shape index (κ3) is 4.58. The van der Waals surface area contributed by atoms with Crippen molar-refractivity contribution in [1.82, 2.24) is 5.32 Å². The van der Waals surface area contributed by atoms with Crippen LogP contribution in [0.25, 0.3) is 0 Å². The summed E-state index contributed by atoms with van der Waals surface area (Å²) in [5.74, 6) is 2.50. The highest BCUT2D eigenvalue weighted by Gasteiger charge is 2.12. The van der Waals surface area contributed by atoms with Gasteiger partial charge < -0.3 is 19.9 Å². The molecule has 4 nitrogen and oxygen atoms in total. The third-order valence-corrected chi connectivity index (χ3v) is 4.23. The van der Waals surface area contributed by atoms with E-state index in [1.807, 2.05) is 18.2 Å². The molecule has 1 aliphatic rings. The van der Waals surface area contributed by atoms with E-state index in [1.54, 1.807) is 11.8 Å². The van der Waals surface area contributed by atoms with Gasteiger partial charge >= 0.3 is 0 Å². The second kappa shape index (κ2) is 8.39. The van der Waals surface area contributed by atoms with Crippen LogP contribution in [0.2, 0.25) is 0 Å². The van der Waals surface area contributed by atoms with Gasteiger partial charge in [0.25, 0.3) is 0 Å². The number of hydrogen-bond donors (Lipinski definition) is 2. The van der Waals surface area contributed by atoms with Gasteiger partial charge in [0.05, 0.1) is 19.8 Å². The third-order valence-electron chi connectivity index (χ3n) is 3.07. The normalized spacial score (nSPS) is 15.7. The molecule has 1 aromatic carbocycles. The fraction of sp³-hybridized carbons (Fsp3) is 0.600. The van der Waals surface area contributed by atoms with Crippen molar-refractivity contribution >= 4 is 11.8 Å². The monoisotopic (exact) mass is 297 g/mol. The van der Waals surface area contributed by atoms with E-state index in [0.29, 0.717) is 13.2 Å². The number of nitrogens with one attached hydrogen (secondary N) is 1. The van der Waals surface area contributed by atoms with Crippen molar-refractivity contribution in [3.63, 3.8) is 0 Å². The zero-order chi connectivity index (χ0) is 14.2. The fourth-order valence-corrected chi connectivity index (χ4v) is 2.93. The number of rotatable bonds is 7. The molecule has 0 amide bonds. The fourth-order valence-electron chi connectivity index (χ4n) is 1.95. The Morgan fingerprint density at radius 2 is 2.10 bits per heavy atom. The molecule has 112 valence electrons. The van der Waals surface area contributed by atoms with Gasteiger partial charge in [0.2, 0.25) is 0 Å². The van der Waals surface area contributed by atoms with Gasteiger partial charge in [-0.3, -0.25) is 0 Å². The van der Waals surface area contributed by atoms with Crippen LogP contribution in [0.4, 0.5) is 0 Å². The Morgan fingerprint density at radius 1 is 1.30 bits per heavy atom. The van der Waals surface area contributed by atoms with E-state index in [1.165, 1.54) is 0 Å². The van der Waals surface area contributed by atoms with Crippen LogP contribution in [0.15, 0.2) is 23.1 Å². The second-order valence-electron chi connectivity index (χ2n) is 4.80. The number of benzene rings is 1. The Hall–Kier alpha value is -0.910. The number of aliphatic hydroxyl groups is 1. The lowest BCUT2D eigenvalue weighted by atomic mass is 10.3. The van der Waals surface area contributed by atoms with Crippen LogP contribution in [0.3, 0.4) is 0 Å². The van der Waals surface area contributed by atoms with Gasteiger partial charge in [0.15, 0.2) is 11.5 Å². The first kappa shape index (κ1) is 15.5. The quantitative estimate of drug-likeness (QED) is 0.756. The van der Waals surface area contributed by atoms with Crippen LogP contribution in [0.5, 0.6) is 11.5 Å². The Morgan fingerprint density at radius 3 is 2.85 bits per heavy atom. The van der Waals surface area contributed by atoms with Gasteiger partial charge in [-0.2, -0.15) is 0 Å². The predicted molar refractivity (Wildman–Crippen MR) is 81.9 cm³/mol. The summed E-state index contributed by atoms with van der Waals surface area (Å²) in [4.78, 5) is 1.14. The Kier molecular flexibility index (Phi) is 6.50. The lowest BCUT2D eigenvalue weighted by molar-refractivity contribution is 0.254. The summed E-state index contributed by atoms with van der Waals surface area (Å²) < 4.78 is 11.3. The molecule has 0 saturated carbocycles. The molecule has 20 heavy (non-hydrogen) atoms. The van der Waals surface area contributed by atoms with Gasteiger partial charge in [-0.25, -0.2) is 0 Å². The van der Waals surface area contributed by atoms with Crippen LogP contribution in [0.1, 0.15) is 19.8 Å². The second-order valence-corrected chi connectivity index (χ2v) is 5.90. The SMILES string of the molecule is CCCNC(CO)CSc1ccc2c(c1)OCCCO2. The highest BCUT2D eigenvalue weighted by atomic mass is 32.2. The zero-order valence-electron chi connectivity index (χ0n) is 11.9. The molecule has 0 saturated heterocycles. The van der Waals surface area contributed by atoms with E-state index < -0.39 is 0 Å². The van der Waals surface area contributed by atoms with Gasteiger partial charge in [-0.05, 0) is 31.2 Å². The standard InChI is InChI=1S/C15H23NO3S/c1-2-6-16-12(10-17)11-20-13-4-5-14-15(9-13)19-8-3-7-18-14/h4-5,9,12,16-17H,2-3,6-8,10-11H2,1H3. The molecular weight excluding hydrogens is 274 g/mol. The van der Waals surface area contributed by atoms with E-state index in [-0.39, 0.29) is 12.6 Å². The van der Waals surface area contributed by atoms with Crippen LogP contribution >= 0.6 is 11.8 Å². The van der Waals surface area contributed by atoms with Crippen LogP contribution < -0.4 is 14.8 Å². The number of aliphatic hydroxyl groups excluding tert-OH is 1. The molecule has 0 fully saturated rings. The summed E-state index contributed by atoms with van der Waals surface area (Å²) in [7, 11) is 0. The van der Waals surface area contributed by atoms with Crippen molar-refractivity contribution < 1.29 is 14.6 Å². The van der Waals surface area contributed by atoms with Crippen molar-refractivity contribution in [3.05, 3.63) is 18.2 Å². The first-order valence-electron chi connectivity index (χ1n) is 7.20. The molecule has 0 aromatic heterocycles. The molecule has 1 atom stereocenters. The van der Waals surface area contributed by atoms with Gasteiger partial charge in [-0.15, -0.1) is 11.8 Å². The molecule has 2 rings (SSSR count). The average Bonchev–Trinajstić information content (AvgIpc) is 2.72. The molecular formula is C15H23NO3S. The summed E-state index contributed by atoms with van der Waals surface area (Å²) in [6.45, 7) is 4.65. The zero-order valence-corrected chi connectivity index (χ0v) is 12.7. The van der Waals surface area contributed by atoms with Crippen molar-refractivity contribution in [3.8, 4) is 11.5 Å². The number of hydrogen-bond acceptors (Lipinski definition) is 5. The lowest BCUT2D eigenvalue weighted by Gasteiger charge is -2.15. The summed E-state index contributed by atoms with van der Waals surface area (Å²) in [5.41, 5.74) is 0. The number of fused-ring (bicyclic) bond motifs is 1. The smallest absolute Gasteiger partial charge is 0.162 e. The van der Waals surface area contributed by atoms with E-state index in [4.69, 9.17) is 9.47 Å². The molecule has 2 N–H and O–H groups in total. The van der Waals surface area contributed by atoms with Crippen LogP contribution in [-0.2, 0) is 0 Å². The van der Waals surface area contributed by atoms with Crippen molar-refractivity contribution in [1.29, 1.82) is 0 Å². The average molecular weight is 297 g/mol. The molecule has 0 bridgehead atoms. The number of thioether (sulfide) groups is 1. The molecule has 1 unspecified atom stereocenters. The molecule has 0 spiro atoms. The van der Waals surface area contributed by atoms with Crippen LogP contribution in [-0.4, -0.2) is 43.3 Å². The first-order valence-corrected chi connectivity index (χ1v) is 8.18. The van der Waals surface area contributed by atoms with E-state index in [2.05, 4.69) is 12.2 Å². The van der Waals surface area contributed by atoms with Crippen molar-refractivity contribution in [2.75, 3.05) is 32.1 Å². The highest BCUT2D eigenvalue weighted by Crippen LogP contribution is 2.33. The summed E-state index contributed by atoms with van der Waals surface area (Å²) in [6.07, 6.45) is 2.00. The molecule has 1 heterocycles. The van der Waals surface area contributed by atoms with Crippen molar-refractivity contribution in [2.45, 2.75) is 30.7 Å². The Bertz CT molecular complexity index is 414. The first-order chi connectivity index (χ1) is 9.83. The molecule has 1 aliphatic heterocycles. The van der Waals surface area contributed by atoms with Gasteiger partial charge in [-0.1, -0.05) is 6.92 Å². The van der Waals surface area contributed by atoms with Crippen molar-refractivity contribution in [2.24, 2.45) is 0 Å². The van der Waals surface area contributed by atoms with Crippen LogP contribution in [0, 0.1) is 0 Å². The topological polar surface area (TPSA) is 50.7 Å². The predicted octanol–water partition coefficient (Wildman–Crippen LogP) is 2.30. The minimum atomic E-state index is 0.135. The Balaban J connectivity index is 1.91. The van der Waals surface area contributed by atoms with Gasteiger partial charge in [0.1, 0.15) is 0 Å². The summed E-state index contributed by atoms with van der Waals surface area (Å²) >= 11 is 1.73. The molecule has 1 aromatic rings. The minimum absolute atomic E-state index is 0.135. The molecule has 0 aliphatic carbocycles.